The van der Waals surface area contributed by atoms with E-state index in [9.17, 15) is 4.39 Å². The Morgan fingerprint density at radius 2 is 1.94 bits per heavy atom. The highest BCUT2D eigenvalue weighted by Crippen LogP contribution is 2.15. The van der Waals surface area contributed by atoms with Gasteiger partial charge < -0.3 is 4.98 Å². The van der Waals surface area contributed by atoms with Gasteiger partial charge in [-0.25, -0.2) is 9.37 Å². The van der Waals surface area contributed by atoms with Gasteiger partial charge in [0.25, 0.3) is 0 Å². The molecule has 0 radical (unpaired) electrons. The third-order valence-electron chi connectivity index (χ3n) is 2.78. The van der Waals surface area contributed by atoms with E-state index in [1.54, 1.807) is 18.5 Å². The number of nitrogens with one attached hydrogen (secondary N) is 1. The fourth-order valence-corrected chi connectivity index (χ4v) is 1.98. The summed E-state index contributed by atoms with van der Waals surface area (Å²) < 4.78 is 13.1. The molecule has 3 aromatic rings. The van der Waals surface area contributed by atoms with E-state index in [4.69, 9.17) is 0 Å². The molecule has 1 aromatic heterocycles. The van der Waals surface area contributed by atoms with Crippen LogP contribution in [0.3, 0.4) is 0 Å². The summed E-state index contributed by atoms with van der Waals surface area (Å²) >= 11 is 0. The normalized spacial score (nSPS) is 10.9. The van der Waals surface area contributed by atoms with Gasteiger partial charge >= 0.3 is 0 Å². The number of fused-ring (bicyclic) bond motifs is 1. The molecule has 1 heterocycles. The van der Waals surface area contributed by atoms with Gasteiger partial charge in [-0.2, -0.15) is 0 Å². The van der Waals surface area contributed by atoms with Crippen molar-refractivity contribution in [2.24, 2.45) is 0 Å². The van der Waals surface area contributed by atoms with E-state index >= 15 is 0 Å². The first-order valence-corrected chi connectivity index (χ1v) is 5.48. The minimum atomic E-state index is -0.190. The van der Waals surface area contributed by atoms with Crippen molar-refractivity contribution in [3.63, 3.8) is 0 Å². The molecule has 2 aromatic carbocycles. The summed E-state index contributed by atoms with van der Waals surface area (Å²) in [5.41, 5.74) is 4.09. The lowest BCUT2D eigenvalue weighted by Crippen LogP contribution is -1.89. The molecule has 0 saturated heterocycles. The van der Waals surface area contributed by atoms with Crippen LogP contribution in [0.1, 0.15) is 11.1 Å². The summed E-state index contributed by atoms with van der Waals surface area (Å²) in [6, 6.07) is 12.7. The predicted molar refractivity (Wildman–Crippen MR) is 65.3 cm³/mol. The van der Waals surface area contributed by atoms with Crippen LogP contribution in [0.15, 0.2) is 48.8 Å². The number of hydrogen-bond donors (Lipinski definition) is 1. The molecule has 0 aliphatic rings. The maximum absolute atomic E-state index is 13.1. The molecule has 3 heteroatoms. The molecule has 0 saturated carbocycles. The highest BCUT2D eigenvalue weighted by atomic mass is 19.1. The van der Waals surface area contributed by atoms with Crippen LogP contribution in [0.2, 0.25) is 0 Å². The van der Waals surface area contributed by atoms with Crippen LogP contribution >= 0.6 is 0 Å². The monoisotopic (exact) mass is 226 g/mol. The molecule has 2 nitrogen and oxygen atoms in total. The van der Waals surface area contributed by atoms with Crippen LogP contribution in [-0.2, 0) is 6.42 Å². The molecule has 0 bridgehead atoms. The minimum Gasteiger partial charge on any atom is -0.345 e. The largest absolute Gasteiger partial charge is 0.345 e. The van der Waals surface area contributed by atoms with Crippen LogP contribution in [-0.4, -0.2) is 9.97 Å². The second-order valence-corrected chi connectivity index (χ2v) is 4.06. The average molecular weight is 226 g/mol. The number of aromatic amines is 1. The Kier molecular flexibility index (Phi) is 2.37. The van der Waals surface area contributed by atoms with Gasteiger partial charge in [-0.1, -0.05) is 18.2 Å². The Bertz CT molecular complexity index is 658. The lowest BCUT2D eigenvalue weighted by Gasteiger charge is -2.02. The molecule has 0 unspecified atom stereocenters. The second kappa shape index (κ2) is 4.01. The van der Waals surface area contributed by atoms with Gasteiger partial charge in [0.2, 0.25) is 0 Å². The van der Waals surface area contributed by atoms with E-state index in [0.717, 1.165) is 28.6 Å². The summed E-state index contributed by atoms with van der Waals surface area (Å²) in [6.45, 7) is 0. The van der Waals surface area contributed by atoms with Crippen molar-refractivity contribution < 1.29 is 4.39 Å². The van der Waals surface area contributed by atoms with Crippen molar-refractivity contribution in [1.29, 1.82) is 0 Å². The molecule has 84 valence electrons. The topological polar surface area (TPSA) is 28.7 Å². The van der Waals surface area contributed by atoms with Crippen LogP contribution in [0, 0.1) is 5.82 Å². The van der Waals surface area contributed by atoms with Crippen molar-refractivity contribution in [2.45, 2.75) is 6.42 Å². The molecular formula is C14H11FN2. The first-order valence-electron chi connectivity index (χ1n) is 5.48. The molecular weight excluding hydrogens is 215 g/mol. The highest BCUT2D eigenvalue weighted by molar-refractivity contribution is 5.75. The summed E-state index contributed by atoms with van der Waals surface area (Å²) in [6.07, 6.45) is 2.41. The maximum atomic E-state index is 13.1. The summed E-state index contributed by atoms with van der Waals surface area (Å²) in [4.78, 5) is 7.24. The summed E-state index contributed by atoms with van der Waals surface area (Å²) in [5.74, 6) is -0.190. The SMILES string of the molecule is Fc1cccc(Cc2ccc3nc[nH]c3c2)c1. The second-order valence-electron chi connectivity index (χ2n) is 4.06. The minimum absolute atomic E-state index is 0.190. The van der Waals surface area contributed by atoms with Crippen molar-refractivity contribution in [3.05, 3.63) is 65.7 Å². The number of nitrogens with zero attached hydrogens (tertiary/aromatic N) is 1. The number of hydrogen-bond acceptors (Lipinski definition) is 1. The van der Waals surface area contributed by atoms with E-state index in [-0.39, 0.29) is 5.82 Å². The quantitative estimate of drug-likeness (QED) is 0.713. The summed E-state index contributed by atoms with van der Waals surface area (Å²) in [5, 5.41) is 0. The van der Waals surface area contributed by atoms with E-state index in [1.165, 1.54) is 6.07 Å². The van der Waals surface area contributed by atoms with Gasteiger partial charge in [-0.3, -0.25) is 0 Å². The fraction of sp³-hybridized carbons (Fsp3) is 0.0714. The molecule has 0 spiro atoms. The molecule has 0 aliphatic heterocycles. The van der Waals surface area contributed by atoms with Crippen molar-refractivity contribution in [1.82, 2.24) is 9.97 Å². The Balaban J connectivity index is 1.94. The van der Waals surface area contributed by atoms with Gasteiger partial charge in [-0.15, -0.1) is 0 Å². The van der Waals surface area contributed by atoms with Crippen LogP contribution in [0.4, 0.5) is 4.39 Å². The van der Waals surface area contributed by atoms with Crippen LogP contribution in [0.25, 0.3) is 11.0 Å². The number of imidazole rings is 1. The highest BCUT2D eigenvalue weighted by Gasteiger charge is 2.01. The lowest BCUT2D eigenvalue weighted by molar-refractivity contribution is 0.626. The van der Waals surface area contributed by atoms with Crippen molar-refractivity contribution in [2.75, 3.05) is 0 Å². The number of H-pyrrole nitrogens is 1. The summed E-state index contributed by atoms with van der Waals surface area (Å²) in [7, 11) is 0. The lowest BCUT2D eigenvalue weighted by atomic mass is 10.0. The van der Waals surface area contributed by atoms with Crippen LogP contribution in [0.5, 0.6) is 0 Å². The van der Waals surface area contributed by atoms with E-state index in [0.29, 0.717) is 0 Å². The van der Waals surface area contributed by atoms with Crippen molar-refractivity contribution >= 4 is 11.0 Å². The first-order chi connectivity index (χ1) is 8.31. The zero-order valence-electron chi connectivity index (χ0n) is 9.15. The standard InChI is InChI=1S/C14H11FN2/c15-12-3-1-2-10(7-12)6-11-4-5-13-14(8-11)17-9-16-13/h1-5,7-9H,6H2,(H,16,17). The Morgan fingerprint density at radius 3 is 2.82 bits per heavy atom. The fourth-order valence-electron chi connectivity index (χ4n) is 1.98. The van der Waals surface area contributed by atoms with Gasteiger partial charge in [0.1, 0.15) is 5.82 Å². The first kappa shape index (κ1) is 10.0. The van der Waals surface area contributed by atoms with Gasteiger partial charge in [0.15, 0.2) is 0 Å². The number of benzene rings is 2. The van der Waals surface area contributed by atoms with E-state index in [2.05, 4.69) is 9.97 Å². The average Bonchev–Trinajstić information content (AvgIpc) is 2.76. The molecule has 1 N–H and O–H groups in total. The zero-order chi connectivity index (χ0) is 11.7. The molecule has 0 amide bonds. The molecule has 17 heavy (non-hydrogen) atoms. The third-order valence-corrected chi connectivity index (χ3v) is 2.78. The smallest absolute Gasteiger partial charge is 0.123 e. The molecule has 0 aliphatic carbocycles. The molecule has 0 atom stereocenters. The maximum Gasteiger partial charge on any atom is 0.123 e. The van der Waals surface area contributed by atoms with E-state index < -0.39 is 0 Å². The van der Waals surface area contributed by atoms with Crippen molar-refractivity contribution in [3.8, 4) is 0 Å². The van der Waals surface area contributed by atoms with Gasteiger partial charge in [0.05, 0.1) is 17.4 Å². The number of aromatic nitrogens is 2. The molecule has 0 fully saturated rings. The predicted octanol–water partition coefficient (Wildman–Crippen LogP) is 3.29. The van der Waals surface area contributed by atoms with E-state index in [1.807, 2.05) is 24.3 Å². The molecule has 3 rings (SSSR count). The van der Waals surface area contributed by atoms with Crippen LogP contribution < -0.4 is 0 Å². The Labute approximate surface area is 98.1 Å². The number of rotatable bonds is 2. The zero-order valence-corrected chi connectivity index (χ0v) is 9.15. The Hall–Kier alpha value is -2.16. The van der Waals surface area contributed by atoms with Gasteiger partial charge in [0, 0.05) is 0 Å². The Morgan fingerprint density at radius 1 is 1.06 bits per heavy atom. The van der Waals surface area contributed by atoms with Gasteiger partial charge in [-0.05, 0) is 41.8 Å². The number of halogens is 1. The third kappa shape index (κ3) is 2.04.